The number of benzene rings is 1. The third-order valence-corrected chi connectivity index (χ3v) is 3.97. The average Bonchev–Trinajstić information content (AvgIpc) is 2.54. The summed E-state index contributed by atoms with van der Waals surface area (Å²) >= 11 is 0. The van der Waals surface area contributed by atoms with Crippen molar-refractivity contribution in [2.45, 2.75) is 33.7 Å². The maximum Gasteiger partial charge on any atom is 0.279 e. The molecule has 25 heavy (non-hydrogen) atoms. The van der Waals surface area contributed by atoms with Crippen LogP contribution in [0.2, 0.25) is 0 Å². The van der Waals surface area contributed by atoms with E-state index in [1.54, 1.807) is 36.2 Å². The minimum atomic E-state index is -0.149. The maximum absolute atomic E-state index is 12.2. The van der Waals surface area contributed by atoms with E-state index >= 15 is 0 Å². The van der Waals surface area contributed by atoms with Gasteiger partial charge in [0.25, 0.3) is 11.8 Å². The lowest BCUT2D eigenvalue weighted by atomic mass is 10.2. The fraction of sp³-hybridized carbons (Fsp3) is 0.500. The molecule has 3 N–H and O–H groups in total. The van der Waals surface area contributed by atoms with Crippen LogP contribution in [0.3, 0.4) is 0 Å². The molecule has 3 amide bonds. The first-order valence-corrected chi connectivity index (χ1v) is 8.49. The van der Waals surface area contributed by atoms with Crippen molar-refractivity contribution in [3.8, 4) is 0 Å². The lowest BCUT2D eigenvalue weighted by Gasteiger charge is -2.24. The molecule has 0 bridgehead atoms. The molecule has 0 fully saturated rings. The Bertz CT molecular complexity index is 599. The lowest BCUT2D eigenvalue weighted by Crippen LogP contribution is -3.14. The van der Waals surface area contributed by atoms with Gasteiger partial charge in [-0.1, -0.05) is 0 Å². The third kappa shape index (κ3) is 7.34. The zero-order valence-corrected chi connectivity index (χ0v) is 15.7. The van der Waals surface area contributed by atoms with Crippen molar-refractivity contribution in [2.24, 2.45) is 0 Å². The van der Waals surface area contributed by atoms with E-state index in [9.17, 15) is 14.4 Å². The second kappa shape index (κ2) is 9.78. The molecule has 0 aliphatic rings. The largest absolute Gasteiger partial charge is 0.338 e. The van der Waals surface area contributed by atoms with Crippen molar-refractivity contribution in [2.75, 3.05) is 37.3 Å². The SMILES string of the molecule is CC[NH+](CC(=O)Nc1ccc(NC(C)=O)cc1)CC(=O)N(C)C(C)C. The number of anilines is 2. The topological polar surface area (TPSA) is 83.0 Å². The number of carbonyl (C=O) groups excluding carboxylic acids is 3. The van der Waals surface area contributed by atoms with Crippen molar-refractivity contribution in [3.05, 3.63) is 24.3 Å². The molecule has 0 aliphatic carbocycles. The van der Waals surface area contributed by atoms with Crippen molar-refractivity contribution in [1.82, 2.24) is 4.90 Å². The summed E-state index contributed by atoms with van der Waals surface area (Å²) in [6.45, 7) is 8.51. The van der Waals surface area contributed by atoms with Gasteiger partial charge < -0.3 is 20.4 Å². The molecule has 0 radical (unpaired) electrons. The van der Waals surface area contributed by atoms with E-state index in [1.807, 2.05) is 20.8 Å². The van der Waals surface area contributed by atoms with Gasteiger partial charge in [0, 0.05) is 31.4 Å². The summed E-state index contributed by atoms with van der Waals surface area (Å²) in [4.78, 5) is 38.0. The van der Waals surface area contributed by atoms with Crippen LogP contribution in [-0.4, -0.2) is 55.3 Å². The molecular weight excluding hydrogens is 320 g/mol. The summed E-state index contributed by atoms with van der Waals surface area (Å²) < 4.78 is 0. The number of rotatable bonds is 8. The molecular formula is C18H29N4O3+. The molecule has 1 aromatic carbocycles. The number of likely N-dealkylation sites (N-methyl/N-ethyl adjacent to an activating group) is 2. The predicted octanol–water partition coefficient (Wildman–Crippen LogP) is 0.355. The van der Waals surface area contributed by atoms with Crippen LogP contribution in [0.15, 0.2) is 24.3 Å². The van der Waals surface area contributed by atoms with E-state index in [-0.39, 0.29) is 30.3 Å². The van der Waals surface area contributed by atoms with Crippen LogP contribution in [0.5, 0.6) is 0 Å². The summed E-state index contributed by atoms with van der Waals surface area (Å²) in [5, 5.41) is 5.49. The molecule has 1 aromatic rings. The normalized spacial score (nSPS) is 11.8. The van der Waals surface area contributed by atoms with E-state index in [2.05, 4.69) is 10.6 Å². The Morgan fingerprint density at radius 2 is 1.56 bits per heavy atom. The van der Waals surface area contributed by atoms with E-state index < -0.39 is 0 Å². The quantitative estimate of drug-likeness (QED) is 0.633. The average molecular weight is 349 g/mol. The van der Waals surface area contributed by atoms with E-state index in [0.29, 0.717) is 24.5 Å². The Hall–Kier alpha value is -2.41. The van der Waals surface area contributed by atoms with Gasteiger partial charge in [0.2, 0.25) is 5.91 Å². The molecule has 0 aliphatic heterocycles. The highest BCUT2D eigenvalue weighted by Gasteiger charge is 2.20. The first kappa shape index (κ1) is 20.6. The van der Waals surface area contributed by atoms with Crippen LogP contribution < -0.4 is 15.5 Å². The predicted molar refractivity (Wildman–Crippen MR) is 98.5 cm³/mol. The van der Waals surface area contributed by atoms with Crippen molar-refractivity contribution in [1.29, 1.82) is 0 Å². The number of nitrogens with zero attached hydrogens (tertiary/aromatic N) is 1. The summed E-state index contributed by atoms with van der Waals surface area (Å²) in [6.07, 6.45) is 0. The molecule has 7 nitrogen and oxygen atoms in total. The van der Waals surface area contributed by atoms with E-state index in [4.69, 9.17) is 0 Å². The van der Waals surface area contributed by atoms with Crippen LogP contribution >= 0.6 is 0 Å². The van der Waals surface area contributed by atoms with Crippen LogP contribution in [-0.2, 0) is 14.4 Å². The van der Waals surface area contributed by atoms with Gasteiger partial charge in [-0.05, 0) is 45.0 Å². The van der Waals surface area contributed by atoms with Crippen molar-refractivity contribution < 1.29 is 19.3 Å². The summed E-state index contributed by atoms with van der Waals surface area (Å²) in [5.74, 6) is -0.265. The van der Waals surface area contributed by atoms with Crippen LogP contribution in [0.25, 0.3) is 0 Å². The van der Waals surface area contributed by atoms with Gasteiger partial charge in [0.1, 0.15) is 0 Å². The second-order valence-corrected chi connectivity index (χ2v) is 6.36. The Labute approximate surface area is 149 Å². The van der Waals surface area contributed by atoms with Gasteiger partial charge in [0.15, 0.2) is 13.1 Å². The number of nitrogens with one attached hydrogen (secondary N) is 3. The Morgan fingerprint density at radius 1 is 1.04 bits per heavy atom. The van der Waals surface area contributed by atoms with Gasteiger partial charge in [-0.2, -0.15) is 0 Å². The zero-order chi connectivity index (χ0) is 19.0. The third-order valence-electron chi connectivity index (χ3n) is 3.97. The highest BCUT2D eigenvalue weighted by molar-refractivity contribution is 5.92. The van der Waals surface area contributed by atoms with E-state index in [0.717, 1.165) is 4.90 Å². The molecule has 1 atom stereocenters. The number of hydrogen-bond acceptors (Lipinski definition) is 3. The van der Waals surface area contributed by atoms with Crippen LogP contribution in [0.4, 0.5) is 11.4 Å². The Kier molecular flexibility index (Phi) is 8.07. The lowest BCUT2D eigenvalue weighted by molar-refractivity contribution is -0.882. The van der Waals surface area contributed by atoms with E-state index in [1.165, 1.54) is 6.92 Å². The number of hydrogen-bond donors (Lipinski definition) is 3. The minimum Gasteiger partial charge on any atom is -0.338 e. The molecule has 0 saturated carbocycles. The standard InChI is InChI=1S/C18H28N4O3/c1-6-22(12-18(25)21(5)13(2)3)11-17(24)20-16-9-7-15(8-10-16)19-14(4)23/h7-10,13H,6,11-12H2,1-5H3,(H,19,23)(H,20,24)/p+1. The molecule has 0 aromatic heterocycles. The molecule has 1 unspecified atom stereocenters. The number of amides is 3. The van der Waals surface area contributed by atoms with Crippen molar-refractivity contribution >= 4 is 29.1 Å². The Morgan fingerprint density at radius 3 is 2.00 bits per heavy atom. The van der Waals surface area contributed by atoms with Crippen LogP contribution in [0.1, 0.15) is 27.7 Å². The first-order valence-electron chi connectivity index (χ1n) is 8.49. The molecule has 0 saturated heterocycles. The number of carbonyl (C=O) groups is 3. The maximum atomic E-state index is 12.2. The van der Waals surface area contributed by atoms with Crippen LogP contribution in [0, 0.1) is 0 Å². The Balaban J connectivity index is 2.56. The fourth-order valence-electron chi connectivity index (χ4n) is 2.21. The summed E-state index contributed by atoms with van der Waals surface area (Å²) in [7, 11) is 1.77. The summed E-state index contributed by atoms with van der Waals surface area (Å²) in [6, 6.07) is 7.05. The fourth-order valence-corrected chi connectivity index (χ4v) is 2.21. The minimum absolute atomic E-state index is 0.0271. The monoisotopic (exact) mass is 349 g/mol. The van der Waals surface area contributed by atoms with Gasteiger partial charge in [-0.3, -0.25) is 14.4 Å². The highest BCUT2D eigenvalue weighted by atomic mass is 16.2. The number of quaternary nitrogens is 1. The molecule has 138 valence electrons. The summed E-state index contributed by atoms with van der Waals surface area (Å²) in [5.41, 5.74) is 1.33. The molecule has 0 heterocycles. The van der Waals surface area contributed by atoms with Gasteiger partial charge in [-0.15, -0.1) is 0 Å². The van der Waals surface area contributed by atoms with Crippen molar-refractivity contribution in [3.63, 3.8) is 0 Å². The van der Waals surface area contributed by atoms with Gasteiger partial charge in [0.05, 0.1) is 6.54 Å². The second-order valence-electron chi connectivity index (χ2n) is 6.36. The van der Waals surface area contributed by atoms with Gasteiger partial charge >= 0.3 is 0 Å². The zero-order valence-electron chi connectivity index (χ0n) is 15.7. The van der Waals surface area contributed by atoms with Gasteiger partial charge in [-0.25, -0.2) is 0 Å². The molecule has 0 spiro atoms. The highest BCUT2D eigenvalue weighted by Crippen LogP contribution is 2.13. The first-order chi connectivity index (χ1) is 11.7. The molecule has 1 rings (SSSR count). The smallest absolute Gasteiger partial charge is 0.279 e. The molecule has 7 heteroatoms.